The number of hydrogen-bond acceptors (Lipinski definition) is 7. The van der Waals surface area contributed by atoms with E-state index in [9.17, 15) is 13.2 Å². The zero-order chi connectivity index (χ0) is 20.9. The summed E-state index contributed by atoms with van der Waals surface area (Å²) in [6.07, 6.45) is 0. The Morgan fingerprint density at radius 3 is 2.41 bits per heavy atom. The van der Waals surface area contributed by atoms with Crippen molar-refractivity contribution in [3.8, 4) is 17.4 Å². The van der Waals surface area contributed by atoms with E-state index in [2.05, 4.69) is 20.3 Å². The van der Waals surface area contributed by atoms with Crippen LogP contribution in [0.25, 0.3) is 11.4 Å². The van der Waals surface area contributed by atoms with Crippen LogP contribution >= 0.6 is 11.6 Å². The van der Waals surface area contributed by atoms with Crippen LogP contribution in [0.3, 0.4) is 0 Å². The molecule has 29 heavy (non-hydrogen) atoms. The highest BCUT2D eigenvalue weighted by Gasteiger charge is 2.21. The van der Waals surface area contributed by atoms with Crippen molar-refractivity contribution in [2.24, 2.45) is 0 Å². The summed E-state index contributed by atoms with van der Waals surface area (Å²) in [6.45, 7) is 2.05. The number of sulfonamides is 1. The Morgan fingerprint density at radius 2 is 1.72 bits per heavy atom. The molecule has 0 fully saturated rings. The number of urea groups is 1. The third-order valence-corrected chi connectivity index (χ3v) is 5.33. The lowest BCUT2D eigenvalue weighted by molar-refractivity contribution is 0.256. The summed E-state index contributed by atoms with van der Waals surface area (Å²) < 4.78 is 31.9. The van der Waals surface area contributed by atoms with Gasteiger partial charge in [-0.2, -0.15) is 15.0 Å². The number of amides is 2. The van der Waals surface area contributed by atoms with E-state index in [1.807, 2.05) is 10.8 Å². The normalized spacial score (nSPS) is 11.0. The molecule has 2 amide bonds. The molecular formula is C18H16ClN5O4S. The zero-order valence-corrected chi connectivity index (χ0v) is 16.7. The SMILES string of the molecule is CCOc1nc(NC(=O)NS(=O)(=O)c2ccccc2Cl)nc(-c2ccccc2)n1. The van der Waals surface area contributed by atoms with Crippen LogP contribution in [0.5, 0.6) is 6.01 Å². The van der Waals surface area contributed by atoms with Gasteiger partial charge in [-0.1, -0.05) is 54.1 Å². The summed E-state index contributed by atoms with van der Waals surface area (Å²) in [5.41, 5.74) is 0.669. The van der Waals surface area contributed by atoms with Crippen LogP contribution < -0.4 is 14.8 Å². The molecule has 0 aliphatic rings. The molecule has 2 aromatic carbocycles. The molecule has 3 rings (SSSR count). The van der Waals surface area contributed by atoms with Gasteiger partial charge in [-0.25, -0.2) is 17.9 Å². The van der Waals surface area contributed by atoms with Crippen molar-refractivity contribution >= 4 is 33.6 Å². The summed E-state index contributed by atoms with van der Waals surface area (Å²) in [5, 5.41) is 2.27. The zero-order valence-electron chi connectivity index (χ0n) is 15.2. The minimum atomic E-state index is -4.19. The predicted octanol–water partition coefficient (Wildman–Crippen LogP) is 3.10. The smallest absolute Gasteiger partial charge is 0.335 e. The number of carbonyl (C=O) groups excluding carboxylic acids is 1. The van der Waals surface area contributed by atoms with E-state index in [1.54, 1.807) is 37.3 Å². The van der Waals surface area contributed by atoms with E-state index < -0.39 is 16.1 Å². The first-order valence-electron chi connectivity index (χ1n) is 8.41. The first-order chi connectivity index (χ1) is 13.9. The van der Waals surface area contributed by atoms with Crippen LogP contribution in [0.4, 0.5) is 10.7 Å². The van der Waals surface area contributed by atoms with Crippen molar-refractivity contribution in [3.05, 3.63) is 59.6 Å². The molecule has 1 aromatic heterocycles. The van der Waals surface area contributed by atoms with Crippen LogP contribution in [0.15, 0.2) is 59.5 Å². The minimum absolute atomic E-state index is 0.00869. The topological polar surface area (TPSA) is 123 Å². The van der Waals surface area contributed by atoms with Gasteiger partial charge in [-0.05, 0) is 19.1 Å². The molecule has 0 saturated heterocycles. The quantitative estimate of drug-likeness (QED) is 0.612. The lowest BCUT2D eigenvalue weighted by Gasteiger charge is -2.10. The Bertz CT molecular complexity index is 1130. The monoisotopic (exact) mass is 433 g/mol. The molecule has 0 spiro atoms. The van der Waals surface area contributed by atoms with Gasteiger partial charge in [0.1, 0.15) is 4.90 Å². The maximum Gasteiger partial charge on any atom is 0.335 e. The number of nitrogens with one attached hydrogen (secondary N) is 2. The summed E-state index contributed by atoms with van der Waals surface area (Å²) in [5.74, 6) is 0.0856. The number of halogens is 1. The molecule has 3 aromatic rings. The first kappa shape index (κ1) is 20.5. The summed E-state index contributed by atoms with van der Waals surface area (Å²) in [4.78, 5) is 24.3. The number of rotatable bonds is 6. The van der Waals surface area contributed by atoms with Gasteiger partial charge in [-0.3, -0.25) is 5.32 Å². The number of hydrogen-bond donors (Lipinski definition) is 2. The fourth-order valence-electron chi connectivity index (χ4n) is 2.29. The van der Waals surface area contributed by atoms with E-state index in [4.69, 9.17) is 16.3 Å². The fourth-order valence-corrected chi connectivity index (χ4v) is 3.72. The van der Waals surface area contributed by atoms with Crippen molar-refractivity contribution in [3.63, 3.8) is 0 Å². The van der Waals surface area contributed by atoms with E-state index in [1.165, 1.54) is 18.2 Å². The average molecular weight is 434 g/mol. The molecule has 0 radical (unpaired) electrons. The van der Waals surface area contributed by atoms with Crippen LogP contribution in [-0.4, -0.2) is 36.0 Å². The lowest BCUT2D eigenvalue weighted by atomic mass is 10.2. The predicted molar refractivity (Wildman–Crippen MR) is 107 cm³/mol. The van der Waals surface area contributed by atoms with Gasteiger partial charge in [0.05, 0.1) is 11.6 Å². The van der Waals surface area contributed by atoms with Gasteiger partial charge >= 0.3 is 12.0 Å². The molecule has 0 atom stereocenters. The number of aromatic nitrogens is 3. The highest BCUT2D eigenvalue weighted by atomic mass is 35.5. The lowest BCUT2D eigenvalue weighted by Crippen LogP contribution is -2.35. The molecule has 0 bridgehead atoms. The molecule has 0 saturated carbocycles. The summed E-state index contributed by atoms with van der Waals surface area (Å²) >= 11 is 5.90. The second kappa shape index (κ2) is 8.84. The summed E-state index contributed by atoms with van der Waals surface area (Å²) in [6, 6.07) is 13.7. The third-order valence-electron chi connectivity index (χ3n) is 3.50. The van der Waals surface area contributed by atoms with E-state index in [0.29, 0.717) is 12.2 Å². The Kier molecular flexibility index (Phi) is 6.25. The summed E-state index contributed by atoms with van der Waals surface area (Å²) in [7, 11) is -4.19. The molecule has 2 N–H and O–H groups in total. The molecule has 9 nitrogen and oxygen atoms in total. The molecule has 0 unspecified atom stereocenters. The van der Waals surface area contributed by atoms with Crippen molar-refractivity contribution in [1.29, 1.82) is 0 Å². The molecule has 150 valence electrons. The van der Waals surface area contributed by atoms with Gasteiger partial charge in [0, 0.05) is 5.56 Å². The van der Waals surface area contributed by atoms with E-state index in [-0.39, 0.29) is 27.7 Å². The van der Waals surface area contributed by atoms with Gasteiger partial charge < -0.3 is 4.74 Å². The number of carbonyl (C=O) groups is 1. The van der Waals surface area contributed by atoms with Crippen LogP contribution in [0, 0.1) is 0 Å². The third kappa shape index (κ3) is 5.18. The standard InChI is InChI=1S/C18H16ClN5O4S/c1-2-28-18-21-15(12-8-4-3-5-9-12)20-16(23-18)22-17(25)24-29(26,27)14-11-7-6-10-13(14)19/h3-11H,2H2,1H3,(H2,20,21,22,23,24,25). The van der Waals surface area contributed by atoms with E-state index in [0.717, 1.165) is 0 Å². The largest absolute Gasteiger partial charge is 0.464 e. The van der Waals surface area contributed by atoms with Crippen molar-refractivity contribution in [2.45, 2.75) is 11.8 Å². The number of ether oxygens (including phenoxy) is 1. The fraction of sp³-hybridized carbons (Fsp3) is 0.111. The van der Waals surface area contributed by atoms with Crippen LogP contribution in [0.2, 0.25) is 5.02 Å². The second-order valence-electron chi connectivity index (χ2n) is 5.55. The highest BCUT2D eigenvalue weighted by molar-refractivity contribution is 7.90. The molecule has 1 heterocycles. The minimum Gasteiger partial charge on any atom is -0.464 e. The molecule has 11 heteroatoms. The molecule has 0 aliphatic heterocycles. The molecular weight excluding hydrogens is 418 g/mol. The van der Waals surface area contributed by atoms with Crippen LogP contribution in [-0.2, 0) is 10.0 Å². The van der Waals surface area contributed by atoms with Gasteiger partial charge in [0.2, 0.25) is 5.95 Å². The first-order valence-corrected chi connectivity index (χ1v) is 10.3. The Hall–Kier alpha value is -3.24. The van der Waals surface area contributed by atoms with Crippen molar-refractivity contribution < 1.29 is 17.9 Å². The molecule has 0 aliphatic carbocycles. The van der Waals surface area contributed by atoms with Gasteiger partial charge in [0.15, 0.2) is 5.82 Å². The average Bonchev–Trinajstić information content (AvgIpc) is 2.68. The van der Waals surface area contributed by atoms with Gasteiger partial charge in [0.25, 0.3) is 10.0 Å². The Balaban J connectivity index is 1.84. The van der Waals surface area contributed by atoms with Crippen LogP contribution in [0.1, 0.15) is 6.92 Å². The number of anilines is 1. The van der Waals surface area contributed by atoms with Crippen molar-refractivity contribution in [2.75, 3.05) is 11.9 Å². The van der Waals surface area contributed by atoms with E-state index >= 15 is 0 Å². The number of nitrogens with zero attached hydrogens (tertiary/aromatic N) is 3. The maximum absolute atomic E-state index is 12.4. The van der Waals surface area contributed by atoms with Crippen molar-refractivity contribution in [1.82, 2.24) is 19.7 Å². The second-order valence-corrected chi connectivity index (χ2v) is 7.61. The Morgan fingerprint density at radius 1 is 1.03 bits per heavy atom. The van der Waals surface area contributed by atoms with Gasteiger partial charge in [-0.15, -0.1) is 0 Å². The highest BCUT2D eigenvalue weighted by Crippen LogP contribution is 2.21. The Labute approximate surface area is 172 Å². The number of benzene rings is 2. The maximum atomic E-state index is 12.4.